The molecule has 1 aliphatic rings. The van der Waals surface area contributed by atoms with Crippen molar-refractivity contribution in [1.29, 1.82) is 0 Å². The average Bonchev–Trinajstić information content (AvgIpc) is 2.94. The van der Waals surface area contributed by atoms with Crippen LogP contribution in [0.4, 0.5) is 0 Å². The smallest absolute Gasteiger partial charge is 0.254 e. The van der Waals surface area contributed by atoms with E-state index < -0.39 is 0 Å². The molecule has 0 bridgehead atoms. The Labute approximate surface area is 102 Å². The van der Waals surface area contributed by atoms with Gasteiger partial charge in [0.25, 0.3) is 5.91 Å². The summed E-state index contributed by atoms with van der Waals surface area (Å²) < 4.78 is 1.64. The number of aryl methyl sites for hydroxylation is 1. The fourth-order valence-corrected chi connectivity index (χ4v) is 2.39. The van der Waals surface area contributed by atoms with Gasteiger partial charge in [0.05, 0.1) is 11.8 Å². The van der Waals surface area contributed by atoms with Gasteiger partial charge in [-0.2, -0.15) is 5.10 Å². The number of nitrogens with one attached hydrogen (secondary N) is 1. The van der Waals surface area contributed by atoms with Gasteiger partial charge >= 0.3 is 0 Å². The fraction of sp³-hybridized carbons (Fsp3) is 0.667. The van der Waals surface area contributed by atoms with Crippen molar-refractivity contribution in [3.63, 3.8) is 0 Å². The van der Waals surface area contributed by atoms with E-state index >= 15 is 0 Å². The van der Waals surface area contributed by atoms with E-state index in [1.165, 1.54) is 12.8 Å². The molecule has 1 saturated heterocycles. The molecule has 2 heterocycles. The number of rotatable bonds is 4. The monoisotopic (exact) mass is 236 g/mol. The van der Waals surface area contributed by atoms with E-state index in [1.54, 1.807) is 17.1 Å². The van der Waals surface area contributed by atoms with E-state index in [0.717, 1.165) is 19.6 Å². The van der Waals surface area contributed by atoms with Crippen LogP contribution < -0.4 is 5.32 Å². The van der Waals surface area contributed by atoms with Crippen LogP contribution in [-0.2, 0) is 7.05 Å². The summed E-state index contributed by atoms with van der Waals surface area (Å²) in [6.07, 6.45) is 5.76. The predicted octanol–water partition coefficient (Wildman–Crippen LogP) is 0.634. The zero-order chi connectivity index (χ0) is 12.3. The van der Waals surface area contributed by atoms with Gasteiger partial charge in [-0.05, 0) is 25.9 Å². The number of amides is 1. The molecule has 1 fully saturated rings. The Morgan fingerprint density at radius 3 is 3.12 bits per heavy atom. The van der Waals surface area contributed by atoms with Gasteiger partial charge < -0.3 is 5.32 Å². The van der Waals surface area contributed by atoms with Crippen molar-refractivity contribution >= 4 is 5.91 Å². The highest BCUT2D eigenvalue weighted by molar-refractivity contribution is 5.93. The highest BCUT2D eigenvalue weighted by Crippen LogP contribution is 2.15. The van der Waals surface area contributed by atoms with Gasteiger partial charge in [0.15, 0.2) is 0 Å². The zero-order valence-electron chi connectivity index (χ0n) is 10.5. The van der Waals surface area contributed by atoms with Gasteiger partial charge in [0.1, 0.15) is 0 Å². The molecule has 1 aromatic heterocycles. The second-order valence-corrected chi connectivity index (χ2v) is 4.54. The molecule has 0 unspecified atom stereocenters. The van der Waals surface area contributed by atoms with E-state index in [1.807, 2.05) is 7.05 Å². The number of hydrogen-bond acceptors (Lipinski definition) is 3. The quantitative estimate of drug-likeness (QED) is 0.834. The number of carbonyl (C=O) groups is 1. The summed E-state index contributed by atoms with van der Waals surface area (Å²) in [6.45, 7) is 5.13. The standard InChI is InChI=1S/C12H20N4O/c1-3-16-6-4-5-11(16)8-13-12(17)10-7-14-15(2)9-10/h7,9,11H,3-6,8H2,1-2H3,(H,13,17)/t11-/m1/s1. The van der Waals surface area contributed by atoms with Crippen molar-refractivity contribution in [2.45, 2.75) is 25.8 Å². The van der Waals surface area contributed by atoms with E-state index in [-0.39, 0.29) is 5.91 Å². The summed E-state index contributed by atoms with van der Waals surface area (Å²) in [6, 6.07) is 0.501. The van der Waals surface area contributed by atoms with Crippen LogP contribution >= 0.6 is 0 Å². The third-order valence-corrected chi connectivity index (χ3v) is 3.37. The molecule has 1 aromatic rings. The Balaban J connectivity index is 1.84. The molecule has 0 aromatic carbocycles. The lowest BCUT2D eigenvalue weighted by atomic mass is 10.2. The van der Waals surface area contributed by atoms with Gasteiger partial charge in [-0.3, -0.25) is 14.4 Å². The van der Waals surface area contributed by atoms with Gasteiger partial charge in [0.2, 0.25) is 0 Å². The Bertz CT molecular complexity index is 388. The molecular weight excluding hydrogens is 216 g/mol. The summed E-state index contributed by atoms with van der Waals surface area (Å²) in [5.74, 6) is -0.0268. The molecule has 1 atom stereocenters. The van der Waals surface area contributed by atoms with Crippen molar-refractivity contribution in [1.82, 2.24) is 20.0 Å². The van der Waals surface area contributed by atoms with Crippen LogP contribution in [0.1, 0.15) is 30.1 Å². The van der Waals surface area contributed by atoms with Gasteiger partial charge in [-0.25, -0.2) is 0 Å². The maximum absolute atomic E-state index is 11.8. The summed E-state index contributed by atoms with van der Waals surface area (Å²) in [5, 5.41) is 6.98. The minimum absolute atomic E-state index is 0.0268. The molecule has 0 saturated carbocycles. The Morgan fingerprint density at radius 2 is 2.47 bits per heavy atom. The first-order chi connectivity index (χ1) is 8.20. The number of likely N-dealkylation sites (N-methyl/N-ethyl adjacent to an activating group) is 1. The molecule has 1 N–H and O–H groups in total. The number of aromatic nitrogens is 2. The van der Waals surface area contributed by atoms with E-state index in [4.69, 9.17) is 0 Å². The van der Waals surface area contributed by atoms with Crippen LogP contribution in [0.2, 0.25) is 0 Å². The fourth-order valence-electron chi connectivity index (χ4n) is 2.39. The van der Waals surface area contributed by atoms with Crippen molar-refractivity contribution in [2.24, 2.45) is 7.05 Å². The van der Waals surface area contributed by atoms with Gasteiger partial charge in [-0.15, -0.1) is 0 Å². The van der Waals surface area contributed by atoms with Crippen LogP contribution in [-0.4, -0.2) is 46.3 Å². The lowest BCUT2D eigenvalue weighted by Gasteiger charge is -2.22. The maximum atomic E-state index is 11.8. The third-order valence-electron chi connectivity index (χ3n) is 3.37. The maximum Gasteiger partial charge on any atom is 0.254 e. The highest BCUT2D eigenvalue weighted by atomic mass is 16.1. The minimum atomic E-state index is -0.0268. The molecule has 17 heavy (non-hydrogen) atoms. The van der Waals surface area contributed by atoms with Crippen molar-refractivity contribution in [2.75, 3.05) is 19.6 Å². The lowest BCUT2D eigenvalue weighted by Crippen LogP contribution is -2.39. The molecule has 2 rings (SSSR count). The molecule has 0 aliphatic carbocycles. The Hall–Kier alpha value is -1.36. The molecule has 5 heteroatoms. The van der Waals surface area contributed by atoms with Crippen LogP contribution in [0, 0.1) is 0 Å². The lowest BCUT2D eigenvalue weighted by molar-refractivity contribution is 0.0941. The molecule has 1 amide bonds. The summed E-state index contributed by atoms with van der Waals surface area (Å²) in [7, 11) is 1.81. The minimum Gasteiger partial charge on any atom is -0.350 e. The van der Waals surface area contributed by atoms with Crippen molar-refractivity contribution in [3.8, 4) is 0 Å². The van der Waals surface area contributed by atoms with Crippen molar-refractivity contribution in [3.05, 3.63) is 18.0 Å². The molecule has 0 radical (unpaired) electrons. The number of nitrogens with zero attached hydrogens (tertiary/aromatic N) is 3. The van der Waals surface area contributed by atoms with Crippen LogP contribution in [0.25, 0.3) is 0 Å². The second-order valence-electron chi connectivity index (χ2n) is 4.54. The first-order valence-electron chi connectivity index (χ1n) is 6.21. The largest absolute Gasteiger partial charge is 0.350 e. The van der Waals surface area contributed by atoms with Crippen LogP contribution in [0.3, 0.4) is 0 Å². The number of carbonyl (C=O) groups excluding carboxylic acids is 1. The van der Waals surface area contributed by atoms with Gasteiger partial charge in [0, 0.05) is 25.8 Å². The highest BCUT2D eigenvalue weighted by Gasteiger charge is 2.23. The van der Waals surface area contributed by atoms with E-state index in [0.29, 0.717) is 11.6 Å². The molecule has 0 spiro atoms. The molecule has 5 nitrogen and oxygen atoms in total. The Kier molecular flexibility index (Phi) is 3.78. The van der Waals surface area contributed by atoms with Crippen molar-refractivity contribution < 1.29 is 4.79 Å². The third kappa shape index (κ3) is 2.85. The first kappa shape index (κ1) is 12.1. The normalized spacial score (nSPS) is 20.7. The Morgan fingerprint density at radius 1 is 1.65 bits per heavy atom. The van der Waals surface area contributed by atoms with E-state index in [9.17, 15) is 4.79 Å². The first-order valence-corrected chi connectivity index (χ1v) is 6.21. The average molecular weight is 236 g/mol. The number of likely N-dealkylation sites (tertiary alicyclic amines) is 1. The zero-order valence-corrected chi connectivity index (χ0v) is 10.5. The summed E-state index contributed by atoms with van der Waals surface area (Å²) in [4.78, 5) is 14.2. The molecule has 94 valence electrons. The van der Waals surface area contributed by atoms with E-state index in [2.05, 4.69) is 22.2 Å². The second kappa shape index (κ2) is 5.31. The van der Waals surface area contributed by atoms with Crippen LogP contribution in [0.5, 0.6) is 0 Å². The predicted molar refractivity (Wildman–Crippen MR) is 65.8 cm³/mol. The van der Waals surface area contributed by atoms with Gasteiger partial charge in [-0.1, -0.05) is 6.92 Å². The van der Waals surface area contributed by atoms with Crippen LogP contribution in [0.15, 0.2) is 12.4 Å². The number of hydrogen-bond donors (Lipinski definition) is 1. The molecular formula is C12H20N4O. The SMILES string of the molecule is CCN1CCC[C@@H]1CNC(=O)c1cnn(C)c1. The summed E-state index contributed by atoms with van der Waals surface area (Å²) in [5.41, 5.74) is 0.633. The topological polar surface area (TPSA) is 50.2 Å². The summed E-state index contributed by atoms with van der Waals surface area (Å²) >= 11 is 0. The molecule has 1 aliphatic heterocycles.